The molecule has 2 saturated heterocycles. The van der Waals surface area contributed by atoms with E-state index in [2.05, 4.69) is 62.5 Å². The highest BCUT2D eigenvalue weighted by molar-refractivity contribution is 5.69. The van der Waals surface area contributed by atoms with Gasteiger partial charge < -0.3 is 64.2 Å². The number of hydrogen-bond donors (Lipinski definition) is 7. The zero-order chi connectivity index (χ0) is 53.7. The summed E-state index contributed by atoms with van der Waals surface area (Å²) in [6.07, 6.45) is 40.2. The van der Waals surface area contributed by atoms with Gasteiger partial charge in [0.05, 0.1) is 26.4 Å². The molecule has 0 aromatic rings. The molecule has 2 aliphatic heterocycles. The molecule has 0 amide bonds. The second-order valence-electron chi connectivity index (χ2n) is 20.8. The van der Waals surface area contributed by atoms with E-state index in [1.54, 1.807) is 0 Å². The third kappa shape index (κ3) is 33.3. The molecule has 0 spiro atoms. The summed E-state index contributed by atoms with van der Waals surface area (Å²) >= 11 is 0. The van der Waals surface area contributed by atoms with Crippen LogP contribution >= 0.6 is 0 Å². The molecule has 432 valence electrons. The molecule has 0 bridgehead atoms. The molecule has 14 nitrogen and oxygen atoms in total. The number of hydrogen-bond acceptors (Lipinski definition) is 14. The first-order chi connectivity index (χ1) is 36.1. The minimum Gasteiger partial charge on any atom is -0.457 e. The summed E-state index contributed by atoms with van der Waals surface area (Å²) in [5.74, 6) is -0.378. The molecule has 2 aliphatic rings. The summed E-state index contributed by atoms with van der Waals surface area (Å²) in [6.45, 7) is 3.61. The van der Waals surface area contributed by atoms with Crippen molar-refractivity contribution in [1.82, 2.24) is 0 Å². The van der Waals surface area contributed by atoms with Crippen LogP contribution in [0.3, 0.4) is 0 Å². The zero-order valence-electron chi connectivity index (χ0n) is 46.3. The van der Waals surface area contributed by atoms with Crippen LogP contribution in [0.1, 0.15) is 226 Å². The summed E-state index contributed by atoms with van der Waals surface area (Å²) < 4.78 is 34.4. The summed E-state index contributed by atoms with van der Waals surface area (Å²) in [7, 11) is 0. The maximum absolute atomic E-state index is 13.1. The maximum atomic E-state index is 13.1. The molecule has 11 atom stereocenters. The molecule has 0 aromatic carbocycles. The van der Waals surface area contributed by atoms with Crippen LogP contribution in [0.5, 0.6) is 0 Å². The number of carbonyl (C=O) groups excluding carboxylic acids is 1. The van der Waals surface area contributed by atoms with Crippen molar-refractivity contribution in [2.24, 2.45) is 0 Å². The van der Waals surface area contributed by atoms with Gasteiger partial charge in [-0.3, -0.25) is 4.79 Å². The molecule has 74 heavy (non-hydrogen) atoms. The Balaban J connectivity index is 1.70. The van der Waals surface area contributed by atoms with E-state index in [1.807, 2.05) is 0 Å². The SMILES string of the molecule is CC/C=C\C/C=C\C/C=C\C/C=C\CCCCCCCCCCCCC(=O)OC(COCCCCCCCCCCCCCCCCCCC)COC1OC(COC2OC(CO)C(O)C(O)C2O)C(O)C(O)C1O. The van der Waals surface area contributed by atoms with Crippen LogP contribution in [0.15, 0.2) is 48.6 Å². The Hall–Kier alpha value is -2.05. The van der Waals surface area contributed by atoms with Gasteiger partial charge in [-0.1, -0.05) is 217 Å². The summed E-state index contributed by atoms with van der Waals surface area (Å²) in [4.78, 5) is 13.1. The normalized spacial score (nSPS) is 25.1. The highest BCUT2D eigenvalue weighted by Crippen LogP contribution is 2.27. The largest absolute Gasteiger partial charge is 0.457 e. The number of ether oxygens (including phenoxy) is 6. The van der Waals surface area contributed by atoms with Crippen molar-refractivity contribution in [2.75, 3.05) is 33.0 Å². The number of carbonyl (C=O) groups is 1. The van der Waals surface area contributed by atoms with Gasteiger partial charge in [0, 0.05) is 13.0 Å². The highest BCUT2D eigenvalue weighted by atomic mass is 16.7. The number of allylic oxidation sites excluding steroid dienone is 8. The highest BCUT2D eigenvalue weighted by Gasteiger charge is 2.47. The predicted molar refractivity (Wildman–Crippen MR) is 293 cm³/mol. The van der Waals surface area contributed by atoms with Crippen molar-refractivity contribution in [3.63, 3.8) is 0 Å². The number of aliphatic hydroxyl groups is 7. The van der Waals surface area contributed by atoms with E-state index in [1.165, 1.54) is 128 Å². The fourth-order valence-electron chi connectivity index (χ4n) is 9.34. The molecular weight excluding hydrogens is 945 g/mol. The Morgan fingerprint density at radius 3 is 1.38 bits per heavy atom. The molecule has 0 aromatic heterocycles. The predicted octanol–water partition coefficient (Wildman–Crippen LogP) is 10.7. The standard InChI is InChI=1S/C60H108O14/c1-3-5-7-9-11-13-15-17-19-21-22-23-24-25-26-27-29-31-33-35-37-39-41-43-52(62)72-49(46-69-44-42-40-38-36-34-32-30-28-20-18-16-14-12-10-8-6-4-2)47-70-59-58(68)56(66)54(64)51(74-59)48-71-60-57(67)55(65)53(63)50(45-61)73-60/h5,7,11,13,17,19,22-23,49-51,53-61,63-68H,3-4,6,8-10,12,14-16,18,20-21,24-48H2,1-2H3/b7-5-,13-11-,19-17-,23-22-. The minimum atomic E-state index is -1.71. The van der Waals surface area contributed by atoms with E-state index in [9.17, 15) is 40.5 Å². The Bertz CT molecular complexity index is 1410. The monoisotopic (exact) mass is 1050 g/mol. The smallest absolute Gasteiger partial charge is 0.306 e. The Morgan fingerprint density at radius 1 is 0.459 bits per heavy atom. The maximum Gasteiger partial charge on any atom is 0.306 e. The lowest BCUT2D eigenvalue weighted by atomic mass is 9.98. The Kier molecular flexibility index (Phi) is 43.2. The average molecular weight is 1050 g/mol. The lowest BCUT2D eigenvalue weighted by molar-refractivity contribution is -0.332. The quantitative estimate of drug-likeness (QED) is 0.0172. The summed E-state index contributed by atoms with van der Waals surface area (Å²) in [6, 6.07) is 0. The first-order valence-electron chi connectivity index (χ1n) is 29.7. The third-order valence-corrected chi connectivity index (χ3v) is 14.1. The van der Waals surface area contributed by atoms with Crippen molar-refractivity contribution in [3.8, 4) is 0 Å². The van der Waals surface area contributed by atoms with Crippen molar-refractivity contribution < 1.29 is 69.0 Å². The molecule has 0 radical (unpaired) electrons. The molecule has 11 unspecified atom stereocenters. The molecule has 2 heterocycles. The van der Waals surface area contributed by atoms with Crippen molar-refractivity contribution in [1.29, 1.82) is 0 Å². The first kappa shape index (κ1) is 68.1. The fourth-order valence-corrected chi connectivity index (χ4v) is 9.34. The second-order valence-corrected chi connectivity index (χ2v) is 20.8. The van der Waals surface area contributed by atoms with Crippen molar-refractivity contribution in [2.45, 2.75) is 293 Å². The van der Waals surface area contributed by atoms with E-state index in [0.29, 0.717) is 13.0 Å². The van der Waals surface area contributed by atoms with Gasteiger partial charge in [0.1, 0.15) is 54.9 Å². The molecule has 2 fully saturated rings. The van der Waals surface area contributed by atoms with Gasteiger partial charge >= 0.3 is 5.97 Å². The van der Waals surface area contributed by atoms with E-state index in [0.717, 1.165) is 70.6 Å². The van der Waals surface area contributed by atoms with Crippen LogP contribution in [0.2, 0.25) is 0 Å². The van der Waals surface area contributed by atoms with E-state index in [4.69, 9.17) is 28.4 Å². The molecule has 14 heteroatoms. The van der Waals surface area contributed by atoms with Crippen molar-refractivity contribution >= 4 is 5.97 Å². The Morgan fingerprint density at radius 2 is 0.878 bits per heavy atom. The van der Waals surface area contributed by atoms with Crippen LogP contribution in [0.25, 0.3) is 0 Å². The van der Waals surface area contributed by atoms with E-state index in [-0.39, 0.29) is 25.6 Å². The zero-order valence-corrected chi connectivity index (χ0v) is 46.3. The lowest BCUT2D eigenvalue weighted by Crippen LogP contribution is -2.61. The van der Waals surface area contributed by atoms with Gasteiger partial charge in [-0.25, -0.2) is 0 Å². The van der Waals surface area contributed by atoms with Gasteiger partial charge in [0.15, 0.2) is 12.6 Å². The minimum absolute atomic E-state index is 0.0622. The van der Waals surface area contributed by atoms with E-state index < -0.39 is 80.7 Å². The molecular formula is C60H108O14. The lowest BCUT2D eigenvalue weighted by Gasteiger charge is -2.42. The molecule has 0 saturated carbocycles. The van der Waals surface area contributed by atoms with Crippen LogP contribution in [0, 0.1) is 0 Å². The topological polar surface area (TPSA) is 214 Å². The molecule has 0 aliphatic carbocycles. The van der Waals surface area contributed by atoms with Crippen LogP contribution in [0.4, 0.5) is 0 Å². The van der Waals surface area contributed by atoms with E-state index >= 15 is 0 Å². The van der Waals surface area contributed by atoms with Gasteiger partial charge in [-0.15, -0.1) is 0 Å². The van der Waals surface area contributed by atoms with Crippen LogP contribution in [-0.2, 0) is 33.2 Å². The van der Waals surface area contributed by atoms with Crippen LogP contribution < -0.4 is 0 Å². The fraction of sp³-hybridized carbons (Fsp3) is 0.850. The summed E-state index contributed by atoms with van der Waals surface area (Å²) in [5.41, 5.74) is 0. The van der Waals surface area contributed by atoms with Gasteiger partial charge in [-0.2, -0.15) is 0 Å². The van der Waals surface area contributed by atoms with Gasteiger partial charge in [-0.05, 0) is 51.4 Å². The van der Waals surface area contributed by atoms with Crippen molar-refractivity contribution in [3.05, 3.63) is 48.6 Å². The molecule has 2 rings (SSSR count). The number of aliphatic hydroxyl groups excluding tert-OH is 7. The summed E-state index contributed by atoms with van der Waals surface area (Å²) in [5, 5.41) is 72.4. The number of rotatable bonds is 48. The Labute approximate surface area is 448 Å². The third-order valence-electron chi connectivity index (χ3n) is 14.1. The first-order valence-corrected chi connectivity index (χ1v) is 29.7. The van der Waals surface area contributed by atoms with Gasteiger partial charge in [0.2, 0.25) is 0 Å². The average Bonchev–Trinajstić information content (AvgIpc) is 3.40. The molecule has 7 N–H and O–H groups in total. The number of esters is 1. The second kappa shape index (κ2) is 47.0. The van der Waals surface area contributed by atoms with Gasteiger partial charge in [0.25, 0.3) is 0 Å². The van der Waals surface area contributed by atoms with Crippen LogP contribution in [-0.4, -0.2) is 142 Å². The number of unbranched alkanes of at least 4 members (excludes halogenated alkanes) is 26.